The predicted molar refractivity (Wildman–Crippen MR) is 104 cm³/mol. The third-order valence-electron chi connectivity index (χ3n) is 3.80. The molecule has 1 aromatic heterocycles. The van der Waals surface area contributed by atoms with Crippen molar-refractivity contribution in [3.05, 3.63) is 79.2 Å². The molecular formula is C18H14N4O7. The van der Waals surface area contributed by atoms with Gasteiger partial charge in [0.15, 0.2) is 0 Å². The smallest absolute Gasteiger partial charge is 0.336 e. The largest absolute Gasteiger partial charge is 0.487 e. The summed E-state index contributed by atoms with van der Waals surface area (Å²) in [5, 5.41) is 26.6. The van der Waals surface area contributed by atoms with Crippen LogP contribution in [-0.4, -0.2) is 22.2 Å². The van der Waals surface area contributed by atoms with Gasteiger partial charge in [-0.2, -0.15) is 5.10 Å². The topological polar surface area (TPSA) is 150 Å². The molecule has 0 saturated carbocycles. The van der Waals surface area contributed by atoms with Gasteiger partial charge in [-0.25, -0.2) is 4.79 Å². The van der Waals surface area contributed by atoms with E-state index in [1.54, 1.807) is 31.2 Å². The van der Waals surface area contributed by atoms with E-state index in [2.05, 4.69) is 10.5 Å². The lowest BCUT2D eigenvalue weighted by atomic mass is 10.2. The van der Waals surface area contributed by atoms with Crippen molar-refractivity contribution < 1.29 is 19.0 Å². The highest BCUT2D eigenvalue weighted by atomic mass is 16.6. The minimum atomic E-state index is -0.737. The number of non-ortho nitro benzene ring substituents is 1. The Morgan fingerprint density at radius 3 is 2.59 bits per heavy atom. The molecule has 0 aliphatic heterocycles. The predicted octanol–water partition coefficient (Wildman–Crippen LogP) is 3.48. The van der Waals surface area contributed by atoms with Crippen LogP contribution in [0.15, 0.2) is 62.8 Å². The molecule has 0 bridgehead atoms. The minimum Gasteiger partial charge on any atom is -0.487 e. The molecule has 2 aromatic carbocycles. The van der Waals surface area contributed by atoms with Crippen LogP contribution in [0.5, 0.6) is 5.75 Å². The van der Waals surface area contributed by atoms with Crippen molar-refractivity contribution in [3.63, 3.8) is 0 Å². The van der Waals surface area contributed by atoms with Gasteiger partial charge in [0.05, 0.1) is 21.6 Å². The van der Waals surface area contributed by atoms with Crippen molar-refractivity contribution in [2.45, 2.75) is 6.92 Å². The second kappa shape index (κ2) is 8.17. The van der Waals surface area contributed by atoms with Crippen LogP contribution < -0.4 is 15.8 Å². The molecule has 11 nitrogen and oxygen atoms in total. The molecule has 0 amide bonds. The third kappa shape index (κ3) is 4.71. The first kappa shape index (κ1) is 19.5. The van der Waals surface area contributed by atoms with E-state index >= 15 is 0 Å². The average molecular weight is 398 g/mol. The Labute approximate surface area is 162 Å². The van der Waals surface area contributed by atoms with Gasteiger partial charge in [0.2, 0.25) is 0 Å². The number of benzene rings is 2. The first-order valence-corrected chi connectivity index (χ1v) is 8.22. The summed E-state index contributed by atoms with van der Waals surface area (Å²) in [6.07, 6.45) is 0. The SMILES string of the molecule is C/C(COc1ccc2ccc(=O)oc2c1)=N/Nc1ccc([N+](=O)[O-])cc1[N+](=O)[O-]. The minimum absolute atomic E-state index is 0.00688. The summed E-state index contributed by atoms with van der Waals surface area (Å²) in [6, 6.07) is 11.2. The van der Waals surface area contributed by atoms with Crippen LogP contribution in [0.3, 0.4) is 0 Å². The maximum absolute atomic E-state index is 11.3. The monoisotopic (exact) mass is 398 g/mol. The third-order valence-corrected chi connectivity index (χ3v) is 3.80. The van der Waals surface area contributed by atoms with E-state index in [4.69, 9.17) is 9.15 Å². The average Bonchev–Trinajstić information content (AvgIpc) is 2.70. The fourth-order valence-electron chi connectivity index (χ4n) is 2.39. The summed E-state index contributed by atoms with van der Waals surface area (Å²) in [6.45, 7) is 1.68. The van der Waals surface area contributed by atoms with Gasteiger partial charge >= 0.3 is 11.3 Å². The summed E-state index contributed by atoms with van der Waals surface area (Å²) in [5.74, 6) is 0.447. The molecule has 1 heterocycles. The second-order valence-corrected chi connectivity index (χ2v) is 5.92. The number of rotatable bonds is 7. The van der Waals surface area contributed by atoms with E-state index in [9.17, 15) is 25.0 Å². The van der Waals surface area contributed by atoms with Crippen molar-refractivity contribution >= 4 is 33.7 Å². The molecule has 1 N–H and O–H groups in total. The quantitative estimate of drug-likeness (QED) is 0.275. The maximum Gasteiger partial charge on any atom is 0.336 e. The van der Waals surface area contributed by atoms with E-state index < -0.39 is 26.8 Å². The summed E-state index contributed by atoms with van der Waals surface area (Å²) < 4.78 is 10.7. The highest BCUT2D eigenvalue weighted by molar-refractivity contribution is 5.84. The Morgan fingerprint density at radius 1 is 1.10 bits per heavy atom. The molecule has 0 unspecified atom stereocenters. The number of hydrazone groups is 1. The zero-order valence-electron chi connectivity index (χ0n) is 15.0. The standard InChI is InChI=1S/C18H14N4O7/c1-11(10-28-14-5-2-12-3-7-18(23)29-17(12)9-14)19-20-15-6-4-13(21(24)25)8-16(15)22(26)27/h2-9,20H,10H2,1H3/b19-11-. The molecule has 0 spiro atoms. The fourth-order valence-corrected chi connectivity index (χ4v) is 2.39. The van der Waals surface area contributed by atoms with Crippen LogP contribution in [0, 0.1) is 20.2 Å². The van der Waals surface area contributed by atoms with Crippen molar-refractivity contribution in [1.82, 2.24) is 0 Å². The Morgan fingerprint density at radius 2 is 1.86 bits per heavy atom. The summed E-state index contributed by atoms with van der Waals surface area (Å²) in [4.78, 5) is 31.7. The second-order valence-electron chi connectivity index (χ2n) is 5.92. The number of nitrogens with zero attached hydrogens (tertiary/aromatic N) is 3. The number of ether oxygens (including phenoxy) is 1. The van der Waals surface area contributed by atoms with Crippen molar-refractivity contribution in [2.75, 3.05) is 12.0 Å². The summed E-state index contributed by atoms with van der Waals surface area (Å²) in [5.41, 5.74) is 2.02. The first-order valence-electron chi connectivity index (χ1n) is 8.22. The van der Waals surface area contributed by atoms with Crippen LogP contribution in [0.25, 0.3) is 11.0 Å². The Bertz CT molecular complexity index is 1190. The highest BCUT2D eigenvalue weighted by Gasteiger charge is 2.19. The molecule has 0 atom stereocenters. The lowest BCUT2D eigenvalue weighted by Crippen LogP contribution is -2.10. The van der Waals surface area contributed by atoms with Crippen LogP contribution in [0.1, 0.15) is 6.92 Å². The fraction of sp³-hybridized carbons (Fsp3) is 0.111. The molecule has 0 saturated heterocycles. The number of nitro groups is 2. The molecule has 0 aliphatic rings. The van der Waals surface area contributed by atoms with Gasteiger partial charge in [-0.05, 0) is 31.2 Å². The lowest BCUT2D eigenvalue weighted by molar-refractivity contribution is -0.393. The number of fused-ring (bicyclic) bond motifs is 1. The molecule has 11 heteroatoms. The lowest BCUT2D eigenvalue weighted by Gasteiger charge is -2.07. The van der Waals surface area contributed by atoms with Crippen LogP contribution in [0.4, 0.5) is 17.1 Å². The Balaban J connectivity index is 1.70. The van der Waals surface area contributed by atoms with E-state index in [0.717, 1.165) is 17.5 Å². The molecule has 0 aliphatic carbocycles. The number of anilines is 1. The van der Waals surface area contributed by atoms with Crippen LogP contribution in [0.2, 0.25) is 0 Å². The molecule has 0 radical (unpaired) electrons. The Hall–Kier alpha value is -4.28. The molecule has 3 aromatic rings. The van der Waals surface area contributed by atoms with Gasteiger partial charge in [0.25, 0.3) is 5.69 Å². The molecular weight excluding hydrogens is 384 g/mol. The van der Waals surface area contributed by atoms with Gasteiger partial charge in [-0.15, -0.1) is 0 Å². The van der Waals surface area contributed by atoms with E-state index in [1.165, 1.54) is 12.1 Å². The van der Waals surface area contributed by atoms with Crippen molar-refractivity contribution in [3.8, 4) is 5.75 Å². The molecule has 0 fully saturated rings. The number of nitro benzene ring substituents is 2. The van der Waals surface area contributed by atoms with E-state index in [0.29, 0.717) is 17.0 Å². The van der Waals surface area contributed by atoms with Gasteiger partial charge in [-0.3, -0.25) is 25.7 Å². The van der Waals surface area contributed by atoms with Gasteiger partial charge in [0, 0.05) is 23.6 Å². The van der Waals surface area contributed by atoms with E-state index in [1.807, 2.05) is 0 Å². The van der Waals surface area contributed by atoms with Crippen molar-refractivity contribution in [1.29, 1.82) is 0 Å². The number of hydrogen-bond donors (Lipinski definition) is 1. The first-order chi connectivity index (χ1) is 13.8. The van der Waals surface area contributed by atoms with Gasteiger partial charge < -0.3 is 9.15 Å². The van der Waals surface area contributed by atoms with Gasteiger partial charge in [-0.1, -0.05) is 0 Å². The van der Waals surface area contributed by atoms with Crippen LogP contribution in [-0.2, 0) is 0 Å². The number of nitrogens with one attached hydrogen (secondary N) is 1. The molecule has 29 heavy (non-hydrogen) atoms. The zero-order valence-corrected chi connectivity index (χ0v) is 15.0. The van der Waals surface area contributed by atoms with Crippen molar-refractivity contribution in [2.24, 2.45) is 5.10 Å². The molecule has 148 valence electrons. The Kier molecular flexibility index (Phi) is 5.49. The number of hydrogen-bond acceptors (Lipinski definition) is 9. The maximum atomic E-state index is 11.3. The van der Waals surface area contributed by atoms with Gasteiger partial charge in [0.1, 0.15) is 23.6 Å². The highest BCUT2D eigenvalue weighted by Crippen LogP contribution is 2.29. The zero-order chi connectivity index (χ0) is 21.0. The van der Waals surface area contributed by atoms with Crippen LogP contribution >= 0.6 is 0 Å². The molecule has 3 rings (SSSR count). The summed E-state index contributed by atoms with van der Waals surface area (Å²) in [7, 11) is 0. The normalized spacial score (nSPS) is 11.3. The van der Waals surface area contributed by atoms with E-state index in [-0.39, 0.29) is 12.3 Å². The summed E-state index contributed by atoms with van der Waals surface area (Å²) >= 11 is 0.